The van der Waals surface area contributed by atoms with Crippen molar-refractivity contribution in [2.24, 2.45) is 17.2 Å². The molecule has 0 radical (unpaired) electrons. The van der Waals surface area contributed by atoms with E-state index >= 15 is 0 Å². The largest absolute Gasteiger partial charge is 0.508 e. The van der Waals surface area contributed by atoms with Gasteiger partial charge in [-0.1, -0.05) is 76.8 Å². The molecule has 0 spiro atoms. The number of benzene rings is 1. The first-order valence-corrected chi connectivity index (χ1v) is 25.0. The third-order valence-corrected chi connectivity index (χ3v) is 12.2. The minimum atomic E-state index is -2.62. The number of rotatable bonds is 24. The van der Waals surface area contributed by atoms with E-state index in [4.69, 9.17) is 17.2 Å². The summed E-state index contributed by atoms with van der Waals surface area (Å²) in [5.74, 6) is -15.5. The highest BCUT2D eigenvalue weighted by Gasteiger charge is 2.39. The van der Waals surface area contributed by atoms with Crippen molar-refractivity contribution >= 4 is 65.0 Å². The molecule has 0 aliphatic carbocycles. The lowest BCUT2D eigenvalue weighted by Gasteiger charge is -2.30. The van der Waals surface area contributed by atoms with Gasteiger partial charge in [-0.05, 0) is 30.5 Å². The van der Waals surface area contributed by atoms with Crippen LogP contribution in [0.2, 0.25) is 0 Å². The molecule has 432 valence electrons. The van der Waals surface area contributed by atoms with Crippen molar-refractivity contribution in [1.29, 1.82) is 0 Å². The number of unbranched alkanes of at least 4 members (excludes halogenated alkanes) is 8. The topological polar surface area (TPSA) is 524 Å². The standard InChI is InChI=1S/C47H75N11O19/c1-2-3-4-5-6-7-8-9-10-11-30(62)39(69)31(63)16-24-17-34(66)54-28(21-59)44(74)57-36(38(68)23-12-14-25(61)15-13-23)47(77)55-26(18-32(48)64)42(72)51-20-35(67)53-27(19-33(49)65)43(73)56-29(22-60)45(75)58-37(46(76)52-24)40(70)41(50)71/h12-15,24,26-31,36-40,59-63,68-70H,2-11,16-22H2,1H3,(H2,48,64)(H2,49,65)(H2,50,71)(H,51,72)(H,52,76)(H,53,67)(H,54,66)(H,55,77)(H,56,73)(H,57,74)(H,58,75). The average Bonchev–Trinajstić information content (AvgIpc) is 3.37. The molecule has 22 N–H and O–H groups in total. The van der Waals surface area contributed by atoms with Crippen molar-refractivity contribution in [3.05, 3.63) is 29.8 Å². The van der Waals surface area contributed by atoms with Gasteiger partial charge < -0.3 is 101 Å². The van der Waals surface area contributed by atoms with Crippen molar-refractivity contribution in [1.82, 2.24) is 42.5 Å². The highest BCUT2D eigenvalue weighted by atomic mass is 16.4. The smallest absolute Gasteiger partial charge is 0.248 e. The third-order valence-electron chi connectivity index (χ3n) is 12.2. The Morgan fingerprint density at radius 3 is 1.56 bits per heavy atom. The zero-order valence-corrected chi connectivity index (χ0v) is 42.6. The normalized spacial score (nSPS) is 24.0. The van der Waals surface area contributed by atoms with Gasteiger partial charge in [-0.3, -0.25) is 52.7 Å². The molecule has 1 aliphatic rings. The molecule has 1 fully saturated rings. The zero-order chi connectivity index (χ0) is 57.9. The minimum Gasteiger partial charge on any atom is -0.508 e. The minimum absolute atomic E-state index is 0.00936. The van der Waals surface area contributed by atoms with Gasteiger partial charge in [0.2, 0.25) is 65.0 Å². The van der Waals surface area contributed by atoms with Crippen LogP contribution in [-0.2, 0) is 52.7 Å². The van der Waals surface area contributed by atoms with Crippen molar-refractivity contribution in [2.45, 2.75) is 170 Å². The number of hydrogen-bond donors (Lipinski definition) is 19. The van der Waals surface area contributed by atoms with Crippen LogP contribution in [0.1, 0.15) is 108 Å². The number of carbonyl (C=O) groups is 11. The van der Waals surface area contributed by atoms with Crippen LogP contribution in [0.3, 0.4) is 0 Å². The highest BCUT2D eigenvalue weighted by Crippen LogP contribution is 2.21. The first kappa shape index (κ1) is 66.0. The van der Waals surface area contributed by atoms with Crippen molar-refractivity contribution < 1.29 is 93.6 Å². The number of carbonyl (C=O) groups excluding carboxylic acids is 11. The Morgan fingerprint density at radius 1 is 0.558 bits per heavy atom. The van der Waals surface area contributed by atoms with Gasteiger partial charge >= 0.3 is 0 Å². The van der Waals surface area contributed by atoms with Gasteiger partial charge in [-0.15, -0.1) is 0 Å². The van der Waals surface area contributed by atoms with Crippen LogP contribution >= 0.6 is 0 Å². The molecular formula is C47H75N11O19. The molecule has 12 atom stereocenters. The van der Waals surface area contributed by atoms with Gasteiger partial charge in [0.1, 0.15) is 54.2 Å². The lowest BCUT2D eigenvalue weighted by Crippen LogP contribution is -2.63. The van der Waals surface area contributed by atoms with E-state index < -0.39 is 183 Å². The van der Waals surface area contributed by atoms with Crippen LogP contribution in [-0.4, -0.2) is 192 Å². The predicted octanol–water partition coefficient (Wildman–Crippen LogP) is -7.69. The molecule has 30 heteroatoms. The van der Waals surface area contributed by atoms with E-state index in [0.29, 0.717) is 12.8 Å². The van der Waals surface area contributed by atoms with Crippen LogP contribution in [0.15, 0.2) is 24.3 Å². The summed E-state index contributed by atoms with van der Waals surface area (Å²) < 4.78 is 0. The van der Waals surface area contributed by atoms with E-state index in [9.17, 15) is 93.6 Å². The molecule has 1 heterocycles. The maximum Gasteiger partial charge on any atom is 0.248 e. The number of hydrogen-bond acceptors (Lipinski definition) is 19. The number of aliphatic hydroxyl groups excluding tert-OH is 7. The maximum atomic E-state index is 14.0. The van der Waals surface area contributed by atoms with Gasteiger partial charge in [0.25, 0.3) is 0 Å². The SMILES string of the molecule is CCCCCCCCCCCC(O)C(O)C(O)CC1CC(=O)NC(CO)C(=O)NC(C(O)c2ccc(O)cc2)C(=O)NC(CC(N)=O)C(=O)NCC(=O)NC(CC(N)=O)C(=O)NC(CO)C(=O)NC(C(O)C(N)=O)C(=O)N1. The van der Waals surface area contributed by atoms with Crippen molar-refractivity contribution in [2.75, 3.05) is 19.8 Å². The molecule has 1 aromatic rings. The Hall–Kier alpha value is -7.09. The first-order chi connectivity index (χ1) is 36.3. The summed E-state index contributed by atoms with van der Waals surface area (Å²) in [5.41, 5.74) is 15.7. The summed E-state index contributed by atoms with van der Waals surface area (Å²) >= 11 is 0. The lowest BCUT2D eigenvalue weighted by molar-refractivity contribution is -0.140. The Bertz CT molecular complexity index is 2170. The van der Waals surface area contributed by atoms with Crippen LogP contribution in [0.4, 0.5) is 0 Å². The molecule has 30 nitrogen and oxygen atoms in total. The summed E-state index contributed by atoms with van der Waals surface area (Å²) in [6.07, 6.45) is -5.59. The van der Waals surface area contributed by atoms with Crippen molar-refractivity contribution in [3.8, 4) is 5.75 Å². The van der Waals surface area contributed by atoms with E-state index in [2.05, 4.69) is 28.2 Å². The molecule has 1 aliphatic heterocycles. The molecule has 2 rings (SSSR count). The molecule has 1 aromatic carbocycles. The highest BCUT2D eigenvalue weighted by molar-refractivity contribution is 6.00. The molecule has 0 aromatic heterocycles. The first-order valence-electron chi connectivity index (χ1n) is 25.0. The second kappa shape index (κ2) is 33.8. The maximum absolute atomic E-state index is 14.0. The second-order valence-electron chi connectivity index (χ2n) is 18.5. The third kappa shape index (κ3) is 23.4. The van der Waals surface area contributed by atoms with Crippen LogP contribution in [0.25, 0.3) is 0 Å². The molecule has 1 saturated heterocycles. The number of aliphatic hydroxyl groups is 7. The quantitative estimate of drug-likeness (QED) is 0.0428. The monoisotopic (exact) mass is 1100 g/mol. The van der Waals surface area contributed by atoms with E-state index in [1.165, 1.54) is 0 Å². The molecule has 11 amide bonds. The number of nitrogens with one attached hydrogen (secondary N) is 8. The van der Waals surface area contributed by atoms with Crippen LogP contribution < -0.4 is 59.7 Å². The zero-order valence-electron chi connectivity index (χ0n) is 42.6. The molecule has 0 bridgehead atoms. The number of amides is 11. The number of nitrogens with two attached hydrogens (primary N) is 3. The van der Waals surface area contributed by atoms with Gasteiger partial charge in [-0.2, -0.15) is 0 Å². The van der Waals surface area contributed by atoms with E-state index in [-0.39, 0.29) is 17.7 Å². The van der Waals surface area contributed by atoms with Gasteiger partial charge in [-0.25, -0.2) is 0 Å². The number of phenolic OH excluding ortho intramolecular Hbond substituents is 1. The summed E-state index contributed by atoms with van der Waals surface area (Å²) in [5, 5.41) is 102. The van der Waals surface area contributed by atoms with E-state index in [0.717, 1.165) is 69.2 Å². The molecular weight excluding hydrogens is 1020 g/mol. The lowest BCUT2D eigenvalue weighted by atomic mass is 9.95. The van der Waals surface area contributed by atoms with Gasteiger partial charge in [0, 0.05) is 12.5 Å². The number of phenols is 1. The predicted molar refractivity (Wildman–Crippen MR) is 266 cm³/mol. The van der Waals surface area contributed by atoms with Gasteiger partial charge in [0.15, 0.2) is 6.10 Å². The fourth-order valence-electron chi connectivity index (χ4n) is 7.87. The van der Waals surface area contributed by atoms with E-state index in [1.807, 2.05) is 21.3 Å². The molecule has 12 unspecified atom stereocenters. The van der Waals surface area contributed by atoms with E-state index in [1.54, 1.807) is 0 Å². The summed E-state index contributed by atoms with van der Waals surface area (Å²) in [6.45, 7) is -1.53. The summed E-state index contributed by atoms with van der Waals surface area (Å²) in [4.78, 5) is 145. The fourth-order valence-corrected chi connectivity index (χ4v) is 7.87. The molecule has 0 saturated carbocycles. The van der Waals surface area contributed by atoms with Crippen molar-refractivity contribution in [3.63, 3.8) is 0 Å². The average molecular weight is 1100 g/mol. The fraction of sp³-hybridized carbons (Fsp3) is 0.638. The number of primary amides is 3. The van der Waals surface area contributed by atoms with Gasteiger partial charge in [0.05, 0.1) is 44.8 Å². The summed E-state index contributed by atoms with van der Waals surface area (Å²) in [6, 6.07) is -10.1. The number of aromatic hydroxyl groups is 1. The Balaban J connectivity index is 2.68. The molecule has 77 heavy (non-hydrogen) atoms. The Kier molecular flexibility index (Phi) is 29.0. The summed E-state index contributed by atoms with van der Waals surface area (Å²) in [7, 11) is 0. The Labute approximate surface area is 442 Å². The second-order valence-corrected chi connectivity index (χ2v) is 18.5. The van der Waals surface area contributed by atoms with Crippen LogP contribution in [0, 0.1) is 0 Å². The Morgan fingerprint density at radius 2 is 1.03 bits per heavy atom. The van der Waals surface area contributed by atoms with Crippen LogP contribution in [0.5, 0.6) is 5.75 Å².